The molecule has 4 rings (SSSR count). The van der Waals surface area contributed by atoms with Crippen molar-refractivity contribution in [1.82, 2.24) is 30.3 Å². The predicted molar refractivity (Wildman–Crippen MR) is 138 cm³/mol. The summed E-state index contributed by atoms with van der Waals surface area (Å²) in [5.74, 6) is -2.92. The number of rotatable bonds is 10. The number of para-hydroxylation sites is 1. The summed E-state index contributed by atoms with van der Waals surface area (Å²) in [6.07, 6.45) is -5.33. The summed E-state index contributed by atoms with van der Waals surface area (Å²) in [5, 5.41) is 19.3. The first-order valence-corrected chi connectivity index (χ1v) is 15.0. The predicted octanol–water partition coefficient (Wildman–Crippen LogP) is -0.0394. The summed E-state index contributed by atoms with van der Waals surface area (Å²) < 4.78 is 96.9. The molecule has 0 spiro atoms. The summed E-state index contributed by atoms with van der Waals surface area (Å²) in [6, 6.07) is 5.61. The van der Waals surface area contributed by atoms with Gasteiger partial charge in [0.1, 0.15) is 21.4 Å². The number of tetrazole rings is 1. The molecule has 0 fully saturated rings. The number of esters is 1. The third-order valence-corrected chi connectivity index (χ3v) is 9.17. The van der Waals surface area contributed by atoms with Crippen molar-refractivity contribution in [1.29, 1.82) is 0 Å². The number of benzene rings is 2. The van der Waals surface area contributed by atoms with Gasteiger partial charge in [0.05, 0.1) is 21.8 Å². The van der Waals surface area contributed by atoms with Crippen LogP contribution in [0.4, 0.5) is 13.2 Å². The third-order valence-electron chi connectivity index (χ3n) is 5.45. The summed E-state index contributed by atoms with van der Waals surface area (Å²) in [5.41, 5.74) is 11.7. The van der Waals surface area contributed by atoms with Gasteiger partial charge in [-0.3, -0.25) is 0 Å². The lowest BCUT2D eigenvalue weighted by Gasteiger charge is -2.20. The van der Waals surface area contributed by atoms with E-state index in [0.29, 0.717) is 20.8 Å². The highest BCUT2D eigenvalue weighted by molar-refractivity contribution is 7.92. The minimum Gasteiger partial charge on any atom is -0.457 e. The van der Waals surface area contributed by atoms with Gasteiger partial charge in [0.2, 0.25) is 25.9 Å². The van der Waals surface area contributed by atoms with E-state index in [-0.39, 0.29) is 23.5 Å². The van der Waals surface area contributed by atoms with Crippen molar-refractivity contribution in [3.8, 4) is 22.5 Å². The molecule has 0 aliphatic carbocycles. The number of alkyl halides is 3. The third kappa shape index (κ3) is 6.34. The number of halogens is 3. The molecular weight excluding hydrogens is 615 g/mol. The van der Waals surface area contributed by atoms with Gasteiger partial charge in [-0.1, -0.05) is 18.2 Å². The maximum atomic E-state index is 13.4. The van der Waals surface area contributed by atoms with Gasteiger partial charge in [-0.2, -0.15) is 18.4 Å². The quantitative estimate of drug-likeness (QED) is 0.144. The minimum atomic E-state index is -5.33. The Morgan fingerprint density at radius 2 is 1.85 bits per heavy atom. The molecule has 0 saturated carbocycles. The van der Waals surface area contributed by atoms with E-state index in [1.807, 2.05) is 4.72 Å². The average Bonchev–Trinajstić information content (AvgIpc) is 3.58. The van der Waals surface area contributed by atoms with Crippen LogP contribution in [0, 0.1) is 0 Å². The highest BCUT2D eigenvalue weighted by atomic mass is 32.2. The lowest BCUT2D eigenvalue weighted by atomic mass is 9.98. The zero-order valence-corrected chi connectivity index (χ0v) is 22.9. The highest BCUT2D eigenvalue weighted by Gasteiger charge is 2.41. The van der Waals surface area contributed by atoms with E-state index < -0.39 is 61.2 Å². The molecule has 15 nitrogen and oxygen atoms in total. The average molecular weight is 636 g/mol. The lowest BCUT2D eigenvalue weighted by Crippen LogP contribution is -2.45. The number of primary sulfonamides is 1. The molecule has 2 aromatic carbocycles. The molecule has 4 aromatic rings. The van der Waals surface area contributed by atoms with Gasteiger partial charge in [-0.05, 0) is 22.9 Å². The van der Waals surface area contributed by atoms with Crippen molar-refractivity contribution < 1.29 is 39.5 Å². The lowest BCUT2D eigenvalue weighted by molar-refractivity contribution is -0.200. The number of carbonyl (C=O) groups excluding carboxylic acids is 1. The Hall–Kier alpha value is -3.60. The number of nitrogens with zero attached hydrogens (tertiary/aromatic N) is 4. The summed E-state index contributed by atoms with van der Waals surface area (Å²) in [7, 11) is -9.79. The second-order valence-electron chi connectivity index (χ2n) is 8.21. The number of carbonyl (C=O) groups is 1. The maximum absolute atomic E-state index is 13.4. The van der Waals surface area contributed by atoms with Crippen molar-refractivity contribution in [2.45, 2.75) is 28.6 Å². The fraction of sp³-hybridized carbons (Fsp3) is 0.250. The van der Waals surface area contributed by atoms with Gasteiger partial charge in [-0.25, -0.2) is 36.5 Å². The van der Waals surface area contributed by atoms with E-state index >= 15 is 0 Å². The standard InChI is InChI=1S/C20H20F3N9O6S3/c21-20(22,23)19(33)38-8-9(6-24)30-41(36,37)13-5-4-10(11-2-1-3-12-16(11)27-14(7-25)39-12)15(17(13)40(26,34)35)18-28-31-32-29-18/h1-5,9,30H,6-8,24-25H2,(H2,26,34,35)(H,28,29,31,32)/t9-/m1/s1. The van der Waals surface area contributed by atoms with Crippen LogP contribution in [0.5, 0.6) is 0 Å². The number of H-pyrrole nitrogens is 1. The van der Waals surface area contributed by atoms with Gasteiger partial charge in [0.25, 0.3) is 0 Å². The van der Waals surface area contributed by atoms with E-state index in [2.05, 4.69) is 30.3 Å². The fourth-order valence-corrected chi connectivity index (χ4v) is 7.47. The Morgan fingerprint density at radius 1 is 1.12 bits per heavy atom. The Labute approximate surface area is 233 Å². The summed E-state index contributed by atoms with van der Waals surface area (Å²) >= 11 is 1.29. The Morgan fingerprint density at radius 3 is 2.44 bits per heavy atom. The number of sulfonamides is 2. The Balaban J connectivity index is 1.90. The number of thiazole rings is 1. The summed E-state index contributed by atoms with van der Waals surface area (Å²) in [4.78, 5) is 13.7. The molecule has 0 amide bonds. The largest absolute Gasteiger partial charge is 0.490 e. The number of aromatic nitrogens is 5. The zero-order valence-electron chi connectivity index (χ0n) is 20.4. The first kappa shape index (κ1) is 30.4. The number of ether oxygens (including phenoxy) is 1. The first-order valence-electron chi connectivity index (χ1n) is 11.2. The molecule has 2 heterocycles. The van der Waals surface area contributed by atoms with Crippen molar-refractivity contribution in [2.75, 3.05) is 13.2 Å². The molecule has 220 valence electrons. The van der Waals surface area contributed by atoms with Crippen LogP contribution in [0.15, 0.2) is 40.1 Å². The van der Waals surface area contributed by atoms with Crippen LogP contribution >= 0.6 is 11.3 Å². The van der Waals surface area contributed by atoms with E-state index in [4.69, 9.17) is 16.6 Å². The molecule has 0 aliphatic heterocycles. The second kappa shape index (κ2) is 11.3. The molecular formula is C20H20F3N9O6S3. The van der Waals surface area contributed by atoms with E-state index in [0.717, 1.165) is 6.07 Å². The summed E-state index contributed by atoms with van der Waals surface area (Å²) in [6.45, 7) is -1.60. The molecule has 41 heavy (non-hydrogen) atoms. The topological polar surface area (TPSA) is 252 Å². The van der Waals surface area contributed by atoms with Crippen molar-refractivity contribution in [3.05, 3.63) is 35.3 Å². The first-order chi connectivity index (χ1) is 19.2. The molecule has 0 bridgehead atoms. The highest BCUT2D eigenvalue weighted by Crippen LogP contribution is 2.41. The van der Waals surface area contributed by atoms with Crippen LogP contribution in [-0.4, -0.2) is 73.8 Å². The van der Waals surface area contributed by atoms with Gasteiger partial charge >= 0.3 is 12.1 Å². The van der Waals surface area contributed by atoms with Gasteiger partial charge < -0.3 is 16.2 Å². The molecule has 0 aliphatic rings. The van der Waals surface area contributed by atoms with Crippen molar-refractivity contribution >= 4 is 47.6 Å². The van der Waals surface area contributed by atoms with Crippen LogP contribution in [0.3, 0.4) is 0 Å². The van der Waals surface area contributed by atoms with E-state index in [9.17, 15) is 34.8 Å². The Bertz CT molecular complexity index is 1810. The number of hydrogen-bond donors (Lipinski definition) is 5. The SMILES string of the molecule is NCc1nc2c(-c3ccc(S(=O)(=O)N[C@H](CN)COC(=O)C(F)(F)F)c(S(N)(=O)=O)c3-c3nn[nH]n3)cccc2s1. The monoisotopic (exact) mass is 635 g/mol. The van der Waals surface area contributed by atoms with Crippen molar-refractivity contribution in [3.63, 3.8) is 0 Å². The number of hydrogen-bond acceptors (Lipinski definition) is 13. The molecule has 1 atom stereocenters. The molecule has 8 N–H and O–H groups in total. The number of nitrogens with two attached hydrogens (primary N) is 3. The van der Waals surface area contributed by atoms with Crippen LogP contribution in [-0.2, 0) is 36.1 Å². The number of aromatic amines is 1. The van der Waals surface area contributed by atoms with Crippen LogP contribution in [0.2, 0.25) is 0 Å². The fourth-order valence-electron chi connectivity index (χ4n) is 3.76. The van der Waals surface area contributed by atoms with Gasteiger partial charge in [0.15, 0.2) is 0 Å². The van der Waals surface area contributed by atoms with Crippen LogP contribution < -0.4 is 21.3 Å². The number of nitrogens with one attached hydrogen (secondary N) is 2. The normalized spacial score (nSPS) is 13.4. The molecule has 0 radical (unpaired) electrons. The van der Waals surface area contributed by atoms with Gasteiger partial charge in [0, 0.05) is 18.7 Å². The van der Waals surface area contributed by atoms with Crippen LogP contribution in [0.25, 0.3) is 32.7 Å². The molecule has 0 saturated heterocycles. The Kier molecular flexibility index (Phi) is 8.40. The second-order valence-corrected chi connectivity index (χ2v) is 12.5. The van der Waals surface area contributed by atoms with Crippen LogP contribution in [0.1, 0.15) is 5.01 Å². The molecule has 21 heteroatoms. The zero-order chi connectivity index (χ0) is 30.2. The van der Waals surface area contributed by atoms with Crippen molar-refractivity contribution in [2.24, 2.45) is 16.6 Å². The molecule has 0 unspecified atom stereocenters. The van der Waals surface area contributed by atoms with E-state index in [1.165, 1.54) is 17.4 Å². The molecule has 2 aromatic heterocycles. The smallest absolute Gasteiger partial charge is 0.457 e. The van der Waals surface area contributed by atoms with Gasteiger partial charge in [-0.15, -0.1) is 21.5 Å². The van der Waals surface area contributed by atoms with E-state index in [1.54, 1.807) is 18.2 Å². The minimum absolute atomic E-state index is 0.114. The number of fused-ring (bicyclic) bond motifs is 1. The maximum Gasteiger partial charge on any atom is 0.490 e.